The van der Waals surface area contributed by atoms with Gasteiger partial charge in [-0.3, -0.25) is 4.79 Å². The molecular formula is C20H24N4O2. The Hall–Kier alpha value is -2.47. The van der Waals surface area contributed by atoms with Crippen molar-refractivity contribution in [3.63, 3.8) is 0 Å². The molecule has 4 rings (SSSR count). The predicted molar refractivity (Wildman–Crippen MR) is 98.7 cm³/mol. The second kappa shape index (κ2) is 7.83. The Morgan fingerprint density at radius 3 is 2.58 bits per heavy atom. The van der Waals surface area contributed by atoms with E-state index in [-0.39, 0.29) is 24.2 Å². The van der Waals surface area contributed by atoms with Crippen LogP contribution in [-0.4, -0.2) is 41.3 Å². The van der Waals surface area contributed by atoms with E-state index in [0.717, 1.165) is 50.2 Å². The van der Waals surface area contributed by atoms with E-state index in [1.54, 1.807) is 6.20 Å². The van der Waals surface area contributed by atoms with E-state index < -0.39 is 0 Å². The van der Waals surface area contributed by atoms with Crippen molar-refractivity contribution in [2.24, 2.45) is 0 Å². The molecule has 0 radical (unpaired) electrons. The molecule has 2 saturated heterocycles. The first-order valence-corrected chi connectivity index (χ1v) is 9.33. The van der Waals surface area contributed by atoms with Crippen molar-refractivity contribution in [1.82, 2.24) is 15.5 Å². The fourth-order valence-electron chi connectivity index (χ4n) is 3.75. The van der Waals surface area contributed by atoms with Crippen molar-refractivity contribution >= 4 is 11.7 Å². The lowest BCUT2D eigenvalue weighted by Crippen LogP contribution is -2.47. The number of hydrogen-bond acceptors (Lipinski definition) is 5. The molecule has 0 unspecified atom stereocenters. The first kappa shape index (κ1) is 17.0. The highest BCUT2D eigenvalue weighted by atomic mass is 16.5. The Bertz CT molecular complexity index is 717. The van der Waals surface area contributed by atoms with E-state index in [9.17, 15) is 4.79 Å². The van der Waals surface area contributed by atoms with Crippen molar-refractivity contribution in [2.75, 3.05) is 18.0 Å². The molecule has 2 fully saturated rings. The van der Waals surface area contributed by atoms with Gasteiger partial charge in [0.1, 0.15) is 6.10 Å². The van der Waals surface area contributed by atoms with Gasteiger partial charge in [0.15, 0.2) is 5.82 Å². The zero-order valence-corrected chi connectivity index (χ0v) is 14.8. The van der Waals surface area contributed by atoms with Crippen LogP contribution >= 0.6 is 0 Å². The van der Waals surface area contributed by atoms with Gasteiger partial charge in [-0.1, -0.05) is 30.3 Å². The molecule has 2 aromatic rings. The second-order valence-electron chi connectivity index (χ2n) is 6.95. The summed E-state index contributed by atoms with van der Waals surface area (Å²) in [6, 6.07) is 14.2. The third-order valence-corrected chi connectivity index (χ3v) is 5.21. The summed E-state index contributed by atoms with van der Waals surface area (Å²) in [6.07, 6.45) is 4.88. The molecule has 2 aliphatic rings. The number of nitrogens with zero attached hydrogens (tertiary/aromatic N) is 3. The third-order valence-electron chi connectivity index (χ3n) is 5.21. The highest BCUT2D eigenvalue weighted by Gasteiger charge is 2.33. The van der Waals surface area contributed by atoms with Crippen LogP contribution in [0.4, 0.5) is 5.82 Å². The molecule has 6 nitrogen and oxygen atoms in total. The highest BCUT2D eigenvalue weighted by molar-refractivity contribution is 5.81. The van der Waals surface area contributed by atoms with Crippen molar-refractivity contribution in [3.05, 3.63) is 54.2 Å². The molecule has 6 heteroatoms. The molecule has 3 heterocycles. The first-order chi connectivity index (χ1) is 12.8. The molecule has 0 saturated carbocycles. The number of benzene rings is 1. The Morgan fingerprint density at radius 2 is 1.85 bits per heavy atom. The second-order valence-corrected chi connectivity index (χ2v) is 6.95. The number of ether oxygens (including phenoxy) is 1. The predicted octanol–water partition coefficient (Wildman–Crippen LogP) is 2.48. The average molecular weight is 352 g/mol. The number of nitrogens with one attached hydrogen (secondary N) is 1. The summed E-state index contributed by atoms with van der Waals surface area (Å²) >= 11 is 0. The smallest absolute Gasteiger partial charge is 0.249 e. The van der Waals surface area contributed by atoms with Crippen molar-refractivity contribution in [3.8, 4) is 0 Å². The summed E-state index contributed by atoms with van der Waals surface area (Å²) in [4.78, 5) is 14.8. The minimum Gasteiger partial charge on any atom is -0.360 e. The SMILES string of the molecule is O=C(NC1CCN(c2cccnn2)CC1)[C@H]1CC[C@@H](c2ccccc2)O1. The van der Waals surface area contributed by atoms with Crippen molar-refractivity contribution in [2.45, 2.75) is 43.9 Å². The number of carbonyl (C=O) groups is 1. The summed E-state index contributed by atoms with van der Waals surface area (Å²) < 4.78 is 6.00. The molecule has 0 spiro atoms. The van der Waals surface area contributed by atoms with Crippen LogP contribution in [0.15, 0.2) is 48.7 Å². The normalized spacial score (nSPS) is 23.8. The quantitative estimate of drug-likeness (QED) is 0.916. The molecule has 1 aromatic heterocycles. The summed E-state index contributed by atoms with van der Waals surface area (Å²) in [5, 5.41) is 11.3. The lowest BCUT2D eigenvalue weighted by Gasteiger charge is -2.33. The summed E-state index contributed by atoms with van der Waals surface area (Å²) in [6.45, 7) is 1.75. The Morgan fingerprint density at radius 1 is 1.04 bits per heavy atom. The lowest BCUT2D eigenvalue weighted by molar-refractivity contribution is -0.133. The van der Waals surface area contributed by atoms with E-state index in [0.29, 0.717) is 0 Å². The summed E-state index contributed by atoms with van der Waals surface area (Å²) in [7, 11) is 0. The number of carbonyl (C=O) groups excluding carboxylic acids is 1. The Kier molecular flexibility index (Phi) is 5.11. The Balaban J connectivity index is 1.26. The average Bonchev–Trinajstić information content (AvgIpc) is 3.20. The maximum absolute atomic E-state index is 12.6. The van der Waals surface area contributed by atoms with Crippen LogP contribution in [0, 0.1) is 0 Å². The van der Waals surface area contributed by atoms with Crippen molar-refractivity contribution < 1.29 is 9.53 Å². The molecule has 2 aliphatic heterocycles. The monoisotopic (exact) mass is 352 g/mol. The van der Waals surface area contributed by atoms with Crippen molar-refractivity contribution in [1.29, 1.82) is 0 Å². The first-order valence-electron chi connectivity index (χ1n) is 9.33. The Labute approximate surface area is 153 Å². The van der Waals surface area contributed by atoms with Gasteiger partial charge < -0.3 is 15.0 Å². The minimum absolute atomic E-state index is 0.0291. The van der Waals surface area contributed by atoms with Gasteiger partial charge in [0, 0.05) is 25.3 Å². The summed E-state index contributed by atoms with van der Waals surface area (Å²) in [5.41, 5.74) is 1.15. The molecule has 136 valence electrons. The molecule has 1 N–H and O–H groups in total. The van der Waals surface area contributed by atoms with Gasteiger partial charge in [-0.2, -0.15) is 5.10 Å². The molecule has 0 aliphatic carbocycles. The number of hydrogen-bond donors (Lipinski definition) is 1. The van der Waals surface area contributed by atoms with Gasteiger partial charge in [0.2, 0.25) is 5.91 Å². The van der Waals surface area contributed by atoms with Crippen LogP contribution in [0.2, 0.25) is 0 Å². The molecule has 1 aromatic carbocycles. The molecule has 2 atom stereocenters. The zero-order valence-electron chi connectivity index (χ0n) is 14.8. The van der Waals surface area contributed by atoms with E-state index in [1.165, 1.54) is 0 Å². The summed E-state index contributed by atoms with van der Waals surface area (Å²) in [5.74, 6) is 0.934. The molecule has 1 amide bonds. The van der Waals surface area contributed by atoms with E-state index >= 15 is 0 Å². The maximum Gasteiger partial charge on any atom is 0.249 e. The third kappa shape index (κ3) is 3.85. The largest absolute Gasteiger partial charge is 0.360 e. The molecule has 26 heavy (non-hydrogen) atoms. The minimum atomic E-state index is -0.335. The van der Waals surface area contributed by atoms with Gasteiger partial charge in [-0.25, -0.2) is 0 Å². The number of piperidine rings is 1. The number of rotatable bonds is 4. The van der Waals surface area contributed by atoms with Crippen LogP contribution in [0.1, 0.15) is 37.4 Å². The topological polar surface area (TPSA) is 67.4 Å². The number of anilines is 1. The fourth-order valence-corrected chi connectivity index (χ4v) is 3.75. The maximum atomic E-state index is 12.6. The van der Waals surface area contributed by atoms with Gasteiger partial charge in [-0.15, -0.1) is 5.10 Å². The van der Waals surface area contributed by atoms with Crippen LogP contribution in [0.25, 0.3) is 0 Å². The van der Waals surface area contributed by atoms with E-state index in [4.69, 9.17) is 4.74 Å². The fraction of sp³-hybridized carbons (Fsp3) is 0.450. The van der Waals surface area contributed by atoms with Crippen LogP contribution in [0.5, 0.6) is 0 Å². The van der Waals surface area contributed by atoms with Crippen LogP contribution in [0.3, 0.4) is 0 Å². The van der Waals surface area contributed by atoms with Gasteiger partial charge in [-0.05, 0) is 43.4 Å². The van der Waals surface area contributed by atoms with E-state index in [2.05, 4.69) is 32.5 Å². The lowest BCUT2D eigenvalue weighted by atomic mass is 10.0. The number of aromatic nitrogens is 2. The standard InChI is InChI=1S/C20H24N4O2/c25-20(18-9-8-17(26-18)15-5-2-1-3-6-15)22-16-10-13-24(14-11-16)19-7-4-12-21-23-19/h1-7,12,16-18H,8-11,13-14H2,(H,22,25)/t17-,18+/m0/s1. The highest BCUT2D eigenvalue weighted by Crippen LogP contribution is 2.32. The molecular weight excluding hydrogens is 328 g/mol. The molecule has 0 bridgehead atoms. The zero-order chi connectivity index (χ0) is 17.8. The van der Waals surface area contributed by atoms with E-state index in [1.807, 2.05) is 30.3 Å². The van der Waals surface area contributed by atoms with Crippen LogP contribution in [-0.2, 0) is 9.53 Å². The van der Waals surface area contributed by atoms with Crippen LogP contribution < -0.4 is 10.2 Å². The number of amides is 1. The van der Waals surface area contributed by atoms with Gasteiger partial charge >= 0.3 is 0 Å². The van der Waals surface area contributed by atoms with Gasteiger partial charge in [0.05, 0.1) is 6.10 Å². The van der Waals surface area contributed by atoms with Gasteiger partial charge in [0.25, 0.3) is 0 Å².